The van der Waals surface area contributed by atoms with E-state index in [1.54, 1.807) is 60.3 Å². The number of carbonyl (C=O) groups is 1. The van der Waals surface area contributed by atoms with Crippen molar-refractivity contribution in [3.63, 3.8) is 0 Å². The molecule has 0 aliphatic heterocycles. The van der Waals surface area contributed by atoms with Gasteiger partial charge in [0.15, 0.2) is 0 Å². The summed E-state index contributed by atoms with van der Waals surface area (Å²) < 4.78 is 34.2. The number of rotatable bonds is 9. The predicted molar refractivity (Wildman–Crippen MR) is 130 cm³/mol. The van der Waals surface area contributed by atoms with Crippen LogP contribution in [0.4, 0.5) is 5.69 Å². The van der Waals surface area contributed by atoms with Crippen LogP contribution in [0.2, 0.25) is 0 Å². The van der Waals surface area contributed by atoms with Gasteiger partial charge in [-0.3, -0.25) is 9.10 Å². The number of para-hydroxylation sites is 2. The first-order valence-electron chi connectivity index (χ1n) is 11.1. The molecule has 0 unspecified atom stereocenters. The monoisotopic (exact) mass is 476 g/mol. The van der Waals surface area contributed by atoms with Crippen molar-refractivity contribution < 1.29 is 17.9 Å². The first-order chi connectivity index (χ1) is 15.5. The summed E-state index contributed by atoms with van der Waals surface area (Å²) >= 11 is 1.54. The minimum absolute atomic E-state index is 0.0950. The van der Waals surface area contributed by atoms with Crippen molar-refractivity contribution in [1.29, 1.82) is 0 Å². The lowest BCUT2D eigenvalue weighted by Crippen LogP contribution is -2.44. The van der Waals surface area contributed by atoms with E-state index in [9.17, 15) is 13.2 Å². The third kappa shape index (κ3) is 6.19. The molecule has 8 heteroatoms. The molecular formula is C24H32N2O4S2. The number of benzene rings is 2. The summed E-state index contributed by atoms with van der Waals surface area (Å²) in [6.07, 6.45) is 8.34. The lowest BCUT2D eigenvalue weighted by atomic mass is 10.1. The molecule has 0 spiro atoms. The third-order valence-electron chi connectivity index (χ3n) is 5.59. The zero-order valence-corrected chi connectivity index (χ0v) is 20.4. The third-order valence-corrected chi connectivity index (χ3v) is 8.11. The minimum Gasteiger partial charge on any atom is -0.492 e. The molecule has 0 heterocycles. The molecule has 2 aromatic carbocycles. The van der Waals surface area contributed by atoms with Gasteiger partial charge in [-0.15, -0.1) is 11.8 Å². The molecule has 0 aromatic heterocycles. The molecule has 1 aliphatic rings. The van der Waals surface area contributed by atoms with Crippen LogP contribution in [0.1, 0.15) is 45.4 Å². The van der Waals surface area contributed by atoms with E-state index in [0.717, 1.165) is 34.9 Å². The molecule has 1 fully saturated rings. The number of carbonyl (C=O) groups excluding carboxylic acids is 1. The van der Waals surface area contributed by atoms with Crippen LogP contribution in [0.3, 0.4) is 0 Å². The van der Waals surface area contributed by atoms with Crippen LogP contribution in [-0.2, 0) is 14.8 Å². The number of sulfonamides is 1. The number of hydrogen-bond donors (Lipinski definition) is 1. The van der Waals surface area contributed by atoms with E-state index in [0.29, 0.717) is 18.0 Å². The van der Waals surface area contributed by atoms with Gasteiger partial charge in [-0.1, -0.05) is 37.8 Å². The Labute approximate surface area is 195 Å². The van der Waals surface area contributed by atoms with Gasteiger partial charge in [-0.05, 0) is 62.4 Å². The van der Waals surface area contributed by atoms with E-state index in [1.807, 2.05) is 13.2 Å². The van der Waals surface area contributed by atoms with Crippen LogP contribution in [-0.4, -0.2) is 39.8 Å². The molecule has 0 bridgehead atoms. The molecule has 1 saturated carbocycles. The zero-order valence-electron chi connectivity index (χ0n) is 18.7. The van der Waals surface area contributed by atoms with Crippen molar-refractivity contribution >= 4 is 33.4 Å². The van der Waals surface area contributed by atoms with E-state index in [1.165, 1.54) is 12.8 Å². The standard InChI is InChI=1S/C24H32N2O4S2/c1-3-30-23-13-9-8-12-22(23)26(18-24(27)25-19-10-6-4-5-7-11-19)32(28,29)21-16-14-20(31-2)15-17-21/h8-9,12-17,19H,3-7,10-11,18H2,1-2H3,(H,25,27). The lowest BCUT2D eigenvalue weighted by molar-refractivity contribution is -0.120. The summed E-state index contributed by atoms with van der Waals surface area (Å²) in [6.45, 7) is 1.93. The van der Waals surface area contributed by atoms with Gasteiger partial charge in [0.2, 0.25) is 5.91 Å². The molecule has 1 N–H and O–H groups in total. The molecule has 32 heavy (non-hydrogen) atoms. The van der Waals surface area contributed by atoms with Gasteiger partial charge in [0.05, 0.1) is 17.2 Å². The number of anilines is 1. The Morgan fingerprint density at radius 3 is 2.34 bits per heavy atom. The van der Waals surface area contributed by atoms with Crippen molar-refractivity contribution in [1.82, 2.24) is 5.32 Å². The van der Waals surface area contributed by atoms with Gasteiger partial charge in [-0.25, -0.2) is 8.42 Å². The predicted octanol–water partition coefficient (Wildman–Crippen LogP) is 4.84. The maximum Gasteiger partial charge on any atom is 0.264 e. The van der Waals surface area contributed by atoms with E-state index >= 15 is 0 Å². The van der Waals surface area contributed by atoms with Crippen molar-refractivity contribution in [2.45, 2.75) is 61.3 Å². The number of nitrogens with one attached hydrogen (secondary N) is 1. The van der Waals surface area contributed by atoms with Gasteiger partial charge in [-0.2, -0.15) is 0 Å². The first-order valence-corrected chi connectivity index (χ1v) is 13.8. The first kappa shape index (κ1) is 24.5. The molecule has 2 aromatic rings. The van der Waals surface area contributed by atoms with E-state index in [4.69, 9.17) is 4.74 Å². The molecule has 0 saturated heterocycles. The Bertz CT molecular complexity index is 985. The molecular weight excluding hydrogens is 444 g/mol. The molecule has 1 aliphatic carbocycles. The topological polar surface area (TPSA) is 75.7 Å². The summed E-state index contributed by atoms with van der Waals surface area (Å²) in [6, 6.07) is 13.8. The molecule has 174 valence electrons. The van der Waals surface area contributed by atoms with Gasteiger partial charge in [0.25, 0.3) is 10.0 Å². The number of amides is 1. The number of hydrogen-bond acceptors (Lipinski definition) is 5. The maximum absolute atomic E-state index is 13.7. The van der Waals surface area contributed by atoms with Crippen LogP contribution >= 0.6 is 11.8 Å². The summed E-state index contributed by atoms with van der Waals surface area (Å²) in [7, 11) is -3.98. The lowest BCUT2D eigenvalue weighted by Gasteiger charge is -2.27. The van der Waals surface area contributed by atoms with Crippen LogP contribution in [0.15, 0.2) is 58.3 Å². The van der Waals surface area contributed by atoms with Crippen LogP contribution < -0.4 is 14.4 Å². The maximum atomic E-state index is 13.7. The van der Waals surface area contributed by atoms with Gasteiger partial charge in [0.1, 0.15) is 12.3 Å². The van der Waals surface area contributed by atoms with Gasteiger partial charge >= 0.3 is 0 Å². The zero-order chi connectivity index (χ0) is 23.0. The van der Waals surface area contributed by atoms with Gasteiger partial charge in [0, 0.05) is 10.9 Å². The Hall–Kier alpha value is -2.19. The van der Waals surface area contributed by atoms with Crippen molar-refractivity contribution in [3.8, 4) is 5.75 Å². The van der Waals surface area contributed by atoms with Crippen molar-refractivity contribution in [2.24, 2.45) is 0 Å². The van der Waals surface area contributed by atoms with E-state index in [-0.39, 0.29) is 23.4 Å². The quantitative estimate of drug-likeness (QED) is 0.414. The van der Waals surface area contributed by atoms with Crippen LogP contribution in [0.5, 0.6) is 5.75 Å². The summed E-state index contributed by atoms with van der Waals surface area (Å²) in [5, 5.41) is 3.06. The normalized spacial score (nSPS) is 15.1. The fourth-order valence-electron chi connectivity index (χ4n) is 3.94. The highest BCUT2D eigenvalue weighted by Crippen LogP contribution is 2.33. The largest absolute Gasteiger partial charge is 0.492 e. The number of nitrogens with zero attached hydrogens (tertiary/aromatic N) is 1. The smallest absolute Gasteiger partial charge is 0.264 e. The van der Waals surface area contributed by atoms with Crippen LogP contribution in [0, 0.1) is 0 Å². The van der Waals surface area contributed by atoms with Crippen molar-refractivity contribution in [3.05, 3.63) is 48.5 Å². The fourth-order valence-corrected chi connectivity index (χ4v) is 5.78. The second-order valence-electron chi connectivity index (χ2n) is 7.84. The molecule has 6 nitrogen and oxygen atoms in total. The molecule has 1 amide bonds. The summed E-state index contributed by atoms with van der Waals surface area (Å²) in [5.74, 6) is 0.133. The Morgan fingerprint density at radius 1 is 1.06 bits per heavy atom. The number of thioether (sulfide) groups is 1. The summed E-state index contributed by atoms with van der Waals surface area (Å²) in [4.78, 5) is 14.1. The molecule has 0 atom stereocenters. The van der Waals surface area contributed by atoms with Crippen molar-refractivity contribution in [2.75, 3.05) is 23.7 Å². The SMILES string of the molecule is CCOc1ccccc1N(CC(=O)NC1CCCCCC1)S(=O)(=O)c1ccc(SC)cc1. The second-order valence-corrected chi connectivity index (χ2v) is 10.6. The van der Waals surface area contributed by atoms with Crippen LogP contribution in [0.25, 0.3) is 0 Å². The van der Waals surface area contributed by atoms with Gasteiger partial charge < -0.3 is 10.1 Å². The average molecular weight is 477 g/mol. The molecule has 0 radical (unpaired) electrons. The van der Waals surface area contributed by atoms with E-state index in [2.05, 4.69) is 5.32 Å². The number of ether oxygens (including phenoxy) is 1. The highest BCUT2D eigenvalue weighted by atomic mass is 32.2. The average Bonchev–Trinajstić information content (AvgIpc) is 3.07. The highest BCUT2D eigenvalue weighted by molar-refractivity contribution is 7.98. The molecule has 3 rings (SSSR count). The minimum atomic E-state index is -3.98. The van der Waals surface area contributed by atoms with E-state index < -0.39 is 10.0 Å². The Kier molecular flexibility index (Phi) is 8.87. The second kappa shape index (κ2) is 11.6. The Balaban J connectivity index is 1.93. The Morgan fingerprint density at radius 2 is 1.72 bits per heavy atom. The summed E-state index contributed by atoms with van der Waals surface area (Å²) in [5.41, 5.74) is 0.360. The highest BCUT2D eigenvalue weighted by Gasteiger charge is 2.30. The fraction of sp³-hybridized carbons (Fsp3) is 0.458.